The van der Waals surface area contributed by atoms with Crippen molar-refractivity contribution in [3.05, 3.63) is 27.1 Å². The number of hydrogen-bond donors (Lipinski definition) is 0. The van der Waals surface area contributed by atoms with Gasteiger partial charge in [-0.1, -0.05) is 15.9 Å². The second-order valence-electron chi connectivity index (χ2n) is 3.83. The van der Waals surface area contributed by atoms with Gasteiger partial charge >= 0.3 is 0 Å². The largest absolute Gasteiger partial charge is 0.478 e. The van der Waals surface area contributed by atoms with Crippen molar-refractivity contribution >= 4 is 47.8 Å². The highest BCUT2D eigenvalue weighted by atomic mass is 79.9. The molecule has 0 bridgehead atoms. The Morgan fingerprint density at radius 3 is 2.50 bits per heavy atom. The van der Waals surface area contributed by atoms with Gasteiger partial charge in [0.15, 0.2) is 5.90 Å². The normalized spacial score (nSPS) is 12.9. The standard InChI is InChI=1S/C11H13Br2NO3S/c1-7(2)17-8(3)14-18(15,16)11-6-9(12)4-5-10(11)13/h4-7H,1-3H3/b14-8+. The quantitative estimate of drug-likeness (QED) is 0.575. The van der Waals surface area contributed by atoms with Gasteiger partial charge in [-0.3, -0.25) is 0 Å². The lowest BCUT2D eigenvalue weighted by Crippen LogP contribution is -2.11. The minimum atomic E-state index is -3.77. The van der Waals surface area contributed by atoms with Crippen LogP contribution < -0.4 is 0 Å². The second-order valence-corrected chi connectivity index (χ2v) is 7.17. The first-order chi connectivity index (χ1) is 8.22. The van der Waals surface area contributed by atoms with Gasteiger partial charge in [0.25, 0.3) is 10.0 Å². The fraction of sp³-hybridized carbons (Fsp3) is 0.364. The molecule has 0 saturated heterocycles. The number of rotatable bonds is 3. The van der Waals surface area contributed by atoms with Crippen LogP contribution in [0.25, 0.3) is 0 Å². The van der Waals surface area contributed by atoms with E-state index in [1.807, 2.05) is 0 Å². The van der Waals surface area contributed by atoms with Gasteiger partial charge in [-0.25, -0.2) is 0 Å². The SMILES string of the molecule is C/C(=N\S(=O)(=O)c1cc(Br)ccc1Br)OC(C)C. The van der Waals surface area contributed by atoms with Gasteiger partial charge in [0.2, 0.25) is 0 Å². The first-order valence-corrected chi connectivity index (χ1v) is 8.18. The Kier molecular flexibility index (Phi) is 5.36. The molecule has 0 spiro atoms. The highest BCUT2D eigenvalue weighted by molar-refractivity contribution is 9.11. The summed E-state index contributed by atoms with van der Waals surface area (Å²) in [4.78, 5) is 0.101. The van der Waals surface area contributed by atoms with E-state index in [4.69, 9.17) is 4.74 Å². The van der Waals surface area contributed by atoms with Crippen LogP contribution in [0.15, 0.2) is 36.4 Å². The lowest BCUT2D eigenvalue weighted by atomic mass is 10.4. The summed E-state index contributed by atoms with van der Waals surface area (Å²) in [5, 5.41) is 0. The number of nitrogens with zero attached hydrogens (tertiary/aromatic N) is 1. The van der Waals surface area contributed by atoms with E-state index in [0.29, 0.717) is 8.95 Å². The molecule has 4 nitrogen and oxygen atoms in total. The zero-order valence-corrected chi connectivity index (χ0v) is 14.1. The summed E-state index contributed by atoms with van der Waals surface area (Å²) in [6, 6.07) is 4.88. The first kappa shape index (κ1) is 15.7. The Balaban J connectivity index is 3.18. The summed E-state index contributed by atoms with van der Waals surface area (Å²) in [5.74, 6) is 0.122. The third-order valence-corrected chi connectivity index (χ3v) is 4.66. The third-order valence-electron chi connectivity index (χ3n) is 1.83. The molecule has 0 unspecified atom stereocenters. The van der Waals surface area contributed by atoms with Crippen molar-refractivity contribution in [3.8, 4) is 0 Å². The molecule has 0 radical (unpaired) electrons. The van der Waals surface area contributed by atoms with Gasteiger partial charge in [-0.2, -0.15) is 8.42 Å². The monoisotopic (exact) mass is 397 g/mol. The summed E-state index contributed by atoms with van der Waals surface area (Å²) in [6.07, 6.45) is -0.116. The van der Waals surface area contributed by atoms with E-state index in [1.54, 1.807) is 26.0 Å². The van der Waals surface area contributed by atoms with Gasteiger partial charge in [-0.05, 0) is 48.0 Å². The van der Waals surface area contributed by atoms with E-state index in [1.165, 1.54) is 13.0 Å². The van der Waals surface area contributed by atoms with E-state index in [0.717, 1.165) is 0 Å². The van der Waals surface area contributed by atoms with Gasteiger partial charge < -0.3 is 4.74 Å². The molecule has 1 aromatic carbocycles. The van der Waals surface area contributed by atoms with Crippen LogP contribution in [0.4, 0.5) is 0 Å². The summed E-state index contributed by atoms with van der Waals surface area (Å²) < 4.78 is 34.1. The van der Waals surface area contributed by atoms with Crippen LogP contribution in [0.5, 0.6) is 0 Å². The molecule has 0 amide bonds. The van der Waals surface area contributed by atoms with Gasteiger partial charge in [0.1, 0.15) is 4.90 Å². The van der Waals surface area contributed by atoms with Crippen molar-refractivity contribution < 1.29 is 13.2 Å². The van der Waals surface area contributed by atoms with E-state index < -0.39 is 10.0 Å². The molecular weight excluding hydrogens is 386 g/mol. The topological polar surface area (TPSA) is 55.7 Å². The molecule has 18 heavy (non-hydrogen) atoms. The molecule has 100 valence electrons. The molecule has 0 aliphatic carbocycles. The second kappa shape index (κ2) is 6.16. The van der Waals surface area contributed by atoms with Crippen molar-refractivity contribution in [2.75, 3.05) is 0 Å². The van der Waals surface area contributed by atoms with Crippen LogP contribution in [0.2, 0.25) is 0 Å². The van der Waals surface area contributed by atoms with E-state index in [2.05, 4.69) is 36.3 Å². The molecular formula is C11H13Br2NO3S. The molecule has 0 N–H and O–H groups in total. The molecule has 0 aliphatic rings. The van der Waals surface area contributed by atoms with Crippen LogP contribution in [0, 0.1) is 0 Å². The number of benzene rings is 1. The Hall–Kier alpha value is -0.400. The lowest BCUT2D eigenvalue weighted by molar-refractivity contribution is 0.227. The van der Waals surface area contributed by atoms with Crippen molar-refractivity contribution in [2.45, 2.75) is 31.8 Å². The van der Waals surface area contributed by atoms with Crippen LogP contribution in [-0.4, -0.2) is 20.4 Å². The number of hydrogen-bond acceptors (Lipinski definition) is 3. The first-order valence-electron chi connectivity index (χ1n) is 5.15. The highest BCUT2D eigenvalue weighted by Gasteiger charge is 2.18. The van der Waals surface area contributed by atoms with Crippen molar-refractivity contribution in [1.29, 1.82) is 0 Å². The van der Waals surface area contributed by atoms with Crippen molar-refractivity contribution in [1.82, 2.24) is 0 Å². The molecule has 0 saturated carbocycles. The van der Waals surface area contributed by atoms with Crippen molar-refractivity contribution in [2.24, 2.45) is 4.40 Å². The molecule has 0 aromatic heterocycles. The van der Waals surface area contributed by atoms with E-state index in [9.17, 15) is 8.42 Å². The molecule has 0 atom stereocenters. The van der Waals surface area contributed by atoms with Crippen LogP contribution in [0.1, 0.15) is 20.8 Å². The molecule has 0 aliphatic heterocycles. The third kappa shape index (κ3) is 4.37. The zero-order chi connectivity index (χ0) is 13.9. The van der Waals surface area contributed by atoms with Crippen LogP contribution >= 0.6 is 31.9 Å². The van der Waals surface area contributed by atoms with Crippen LogP contribution in [-0.2, 0) is 14.8 Å². The van der Waals surface area contributed by atoms with Crippen molar-refractivity contribution in [3.63, 3.8) is 0 Å². The maximum atomic E-state index is 12.1. The molecule has 7 heteroatoms. The zero-order valence-electron chi connectivity index (χ0n) is 10.1. The Morgan fingerprint density at radius 1 is 1.33 bits per heavy atom. The predicted molar refractivity (Wildman–Crippen MR) is 78.4 cm³/mol. The maximum Gasteiger partial charge on any atom is 0.286 e. The minimum Gasteiger partial charge on any atom is -0.478 e. The predicted octanol–water partition coefficient (Wildman–Crippen LogP) is 3.74. The lowest BCUT2D eigenvalue weighted by Gasteiger charge is -2.09. The number of ether oxygens (including phenoxy) is 1. The fourth-order valence-electron chi connectivity index (χ4n) is 1.26. The van der Waals surface area contributed by atoms with Gasteiger partial charge in [-0.15, -0.1) is 4.40 Å². The molecule has 1 aromatic rings. The average molecular weight is 399 g/mol. The number of halogens is 2. The summed E-state index contributed by atoms with van der Waals surface area (Å²) in [7, 11) is -3.77. The van der Waals surface area contributed by atoms with E-state index >= 15 is 0 Å². The molecule has 0 fully saturated rings. The Bertz CT molecular complexity index is 568. The Labute approximate surface area is 124 Å². The summed E-state index contributed by atoms with van der Waals surface area (Å²) in [6.45, 7) is 5.13. The van der Waals surface area contributed by atoms with E-state index in [-0.39, 0.29) is 16.9 Å². The molecule has 1 rings (SSSR count). The van der Waals surface area contributed by atoms with Crippen LogP contribution in [0.3, 0.4) is 0 Å². The molecule has 0 heterocycles. The fourth-order valence-corrected chi connectivity index (χ4v) is 3.70. The summed E-state index contributed by atoms with van der Waals surface area (Å²) in [5.41, 5.74) is 0. The summed E-state index contributed by atoms with van der Waals surface area (Å²) >= 11 is 6.43. The van der Waals surface area contributed by atoms with Gasteiger partial charge in [0, 0.05) is 15.9 Å². The Morgan fingerprint density at radius 2 is 1.94 bits per heavy atom. The highest BCUT2D eigenvalue weighted by Crippen LogP contribution is 2.27. The minimum absolute atomic E-state index is 0.101. The van der Waals surface area contributed by atoms with Gasteiger partial charge in [0.05, 0.1) is 6.10 Å². The average Bonchev–Trinajstić information content (AvgIpc) is 2.19. The maximum absolute atomic E-state index is 12.1. The smallest absolute Gasteiger partial charge is 0.286 e. The number of sulfonamides is 1.